The Hall–Kier alpha value is -1.19. The molecule has 94 valence electrons. The number of hydrogen-bond donors (Lipinski definition) is 1. The largest absolute Gasteiger partial charge is 0.328 e. The van der Waals surface area contributed by atoms with Crippen LogP contribution < -0.4 is 5.73 Å². The van der Waals surface area contributed by atoms with E-state index in [4.69, 9.17) is 10.7 Å². The molecule has 0 radical (unpaired) electrons. The SMILES string of the molecule is Cc1ccc(-c2nc(C)c(C3CC(N)C3)s2)cc1. The maximum atomic E-state index is 5.88. The number of hydrogen-bond acceptors (Lipinski definition) is 3. The topological polar surface area (TPSA) is 38.9 Å². The molecule has 3 rings (SSSR count). The van der Waals surface area contributed by atoms with Gasteiger partial charge in [-0.1, -0.05) is 29.8 Å². The minimum absolute atomic E-state index is 0.402. The second kappa shape index (κ2) is 4.48. The summed E-state index contributed by atoms with van der Waals surface area (Å²) in [6, 6.07) is 9.00. The first-order valence-corrected chi connectivity index (χ1v) is 7.25. The molecular weight excluding hydrogens is 240 g/mol. The smallest absolute Gasteiger partial charge is 0.123 e. The summed E-state index contributed by atoms with van der Waals surface area (Å²) >= 11 is 1.84. The van der Waals surface area contributed by atoms with E-state index in [2.05, 4.69) is 38.1 Å². The zero-order valence-electron chi connectivity index (χ0n) is 10.8. The molecule has 2 N–H and O–H groups in total. The van der Waals surface area contributed by atoms with Gasteiger partial charge in [0.25, 0.3) is 0 Å². The van der Waals surface area contributed by atoms with Crippen LogP contribution in [-0.2, 0) is 0 Å². The Bertz CT molecular complexity index is 550. The van der Waals surface area contributed by atoms with Gasteiger partial charge in [-0.15, -0.1) is 11.3 Å². The number of thiazole rings is 1. The summed E-state index contributed by atoms with van der Waals surface area (Å²) in [5.74, 6) is 0.650. The predicted molar refractivity (Wildman–Crippen MR) is 77.0 cm³/mol. The zero-order chi connectivity index (χ0) is 12.7. The van der Waals surface area contributed by atoms with Gasteiger partial charge in [-0.05, 0) is 32.6 Å². The fraction of sp³-hybridized carbons (Fsp3) is 0.400. The van der Waals surface area contributed by atoms with Gasteiger partial charge in [-0.25, -0.2) is 4.98 Å². The van der Waals surface area contributed by atoms with Gasteiger partial charge in [0, 0.05) is 16.5 Å². The average Bonchev–Trinajstić information content (AvgIpc) is 2.68. The lowest BCUT2D eigenvalue weighted by Crippen LogP contribution is -2.34. The van der Waals surface area contributed by atoms with E-state index < -0.39 is 0 Å². The van der Waals surface area contributed by atoms with Crippen molar-refractivity contribution in [3.63, 3.8) is 0 Å². The molecule has 0 bridgehead atoms. The van der Waals surface area contributed by atoms with E-state index in [9.17, 15) is 0 Å². The molecule has 1 aromatic heterocycles. The summed E-state index contributed by atoms with van der Waals surface area (Å²) in [4.78, 5) is 6.15. The molecule has 0 amide bonds. The molecule has 0 atom stereocenters. The van der Waals surface area contributed by atoms with Crippen molar-refractivity contribution in [2.24, 2.45) is 5.73 Å². The van der Waals surface area contributed by atoms with Gasteiger partial charge < -0.3 is 5.73 Å². The molecule has 0 unspecified atom stereocenters. The first kappa shape index (κ1) is 11.9. The summed E-state index contributed by atoms with van der Waals surface area (Å²) in [5, 5.41) is 1.14. The second-order valence-electron chi connectivity index (χ2n) is 5.26. The van der Waals surface area contributed by atoms with Crippen LogP contribution in [0.4, 0.5) is 0 Å². The van der Waals surface area contributed by atoms with Crippen LogP contribution in [0.25, 0.3) is 10.6 Å². The molecule has 1 aromatic carbocycles. The third-order valence-electron chi connectivity index (χ3n) is 3.68. The van der Waals surface area contributed by atoms with E-state index in [1.165, 1.54) is 21.7 Å². The number of rotatable bonds is 2. The van der Waals surface area contributed by atoms with Crippen molar-refractivity contribution in [1.82, 2.24) is 4.98 Å². The summed E-state index contributed by atoms with van der Waals surface area (Å²) in [7, 11) is 0. The molecule has 18 heavy (non-hydrogen) atoms. The molecule has 0 aliphatic heterocycles. The van der Waals surface area contributed by atoms with Gasteiger partial charge in [-0.3, -0.25) is 0 Å². The summed E-state index contributed by atoms with van der Waals surface area (Å²) < 4.78 is 0. The van der Waals surface area contributed by atoms with Gasteiger partial charge >= 0.3 is 0 Å². The van der Waals surface area contributed by atoms with Crippen LogP contribution in [0.3, 0.4) is 0 Å². The van der Waals surface area contributed by atoms with Gasteiger partial charge in [0.1, 0.15) is 5.01 Å². The maximum absolute atomic E-state index is 5.88. The second-order valence-corrected chi connectivity index (χ2v) is 6.29. The van der Waals surface area contributed by atoms with Crippen molar-refractivity contribution < 1.29 is 0 Å². The Morgan fingerprint density at radius 2 is 1.83 bits per heavy atom. The molecule has 0 spiro atoms. The zero-order valence-corrected chi connectivity index (χ0v) is 11.6. The molecule has 1 fully saturated rings. The van der Waals surface area contributed by atoms with Crippen molar-refractivity contribution in [3.8, 4) is 10.6 Å². The van der Waals surface area contributed by atoms with E-state index >= 15 is 0 Å². The van der Waals surface area contributed by atoms with E-state index in [-0.39, 0.29) is 0 Å². The normalized spacial score (nSPS) is 22.8. The standard InChI is InChI=1S/C15H18N2S/c1-9-3-5-11(6-4-9)15-17-10(2)14(18-15)12-7-13(16)8-12/h3-6,12-13H,7-8,16H2,1-2H3. The minimum Gasteiger partial charge on any atom is -0.328 e. The predicted octanol–water partition coefficient (Wildman–Crippen LogP) is 3.63. The Morgan fingerprint density at radius 3 is 2.44 bits per heavy atom. The van der Waals surface area contributed by atoms with Crippen molar-refractivity contribution in [2.45, 2.75) is 38.6 Å². The van der Waals surface area contributed by atoms with Gasteiger partial charge in [-0.2, -0.15) is 0 Å². The number of aryl methyl sites for hydroxylation is 2. The molecule has 1 aliphatic carbocycles. The van der Waals surface area contributed by atoms with Crippen LogP contribution in [0.5, 0.6) is 0 Å². The molecule has 2 aromatic rings. The monoisotopic (exact) mass is 258 g/mol. The first-order chi connectivity index (χ1) is 8.63. The molecule has 0 saturated heterocycles. The quantitative estimate of drug-likeness (QED) is 0.893. The molecule has 1 heterocycles. The van der Waals surface area contributed by atoms with Gasteiger partial charge in [0.05, 0.1) is 5.69 Å². The number of nitrogens with zero attached hydrogens (tertiary/aromatic N) is 1. The fourth-order valence-corrected chi connectivity index (χ4v) is 3.68. The van der Waals surface area contributed by atoms with E-state index in [0.717, 1.165) is 17.8 Å². The lowest BCUT2D eigenvalue weighted by atomic mass is 9.79. The van der Waals surface area contributed by atoms with Crippen LogP contribution in [0, 0.1) is 13.8 Å². The third-order valence-corrected chi connectivity index (χ3v) is 5.05. The number of nitrogens with two attached hydrogens (primary N) is 1. The van der Waals surface area contributed by atoms with Crippen LogP contribution in [0.15, 0.2) is 24.3 Å². The molecular formula is C15H18N2S. The number of aromatic nitrogens is 1. The molecule has 2 nitrogen and oxygen atoms in total. The van der Waals surface area contributed by atoms with Crippen molar-refractivity contribution >= 4 is 11.3 Å². The summed E-state index contributed by atoms with van der Waals surface area (Å²) in [6.07, 6.45) is 2.24. The minimum atomic E-state index is 0.402. The van der Waals surface area contributed by atoms with Crippen LogP contribution >= 0.6 is 11.3 Å². The summed E-state index contributed by atoms with van der Waals surface area (Å²) in [5.41, 5.74) is 9.58. The van der Waals surface area contributed by atoms with Gasteiger partial charge in [0.2, 0.25) is 0 Å². The average molecular weight is 258 g/mol. The Balaban J connectivity index is 1.90. The van der Waals surface area contributed by atoms with Crippen molar-refractivity contribution in [2.75, 3.05) is 0 Å². The van der Waals surface area contributed by atoms with Crippen LogP contribution in [0.1, 0.15) is 34.9 Å². The Morgan fingerprint density at radius 1 is 1.17 bits per heavy atom. The maximum Gasteiger partial charge on any atom is 0.123 e. The first-order valence-electron chi connectivity index (χ1n) is 6.43. The Labute approximate surface area is 112 Å². The van der Waals surface area contributed by atoms with E-state index in [1.54, 1.807) is 0 Å². The third kappa shape index (κ3) is 2.08. The highest BCUT2D eigenvalue weighted by atomic mass is 32.1. The summed E-state index contributed by atoms with van der Waals surface area (Å²) in [6.45, 7) is 4.23. The lowest BCUT2D eigenvalue weighted by molar-refractivity contribution is 0.354. The molecule has 1 saturated carbocycles. The van der Waals surface area contributed by atoms with E-state index in [0.29, 0.717) is 12.0 Å². The van der Waals surface area contributed by atoms with E-state index in [1.807, 2.05) is 11.3 Å². The highest BCUT2D eigenvalue weighted by Gasteiger charge is 2.30. The number of benzene rings is 1. The Kier molecular flexibility index (Phi) is 2.96. The van der Waals surface area contributed by atoms with Crippen molar-refractivity contribution in [1.29, 1.82) is 0 Å². The highest BCUT2D eigenvalue weighted by molar-refractivity contribution is 7.15. The highest BCUT2D eigenvalue weighted by Crippen LogP contribution is 2.42. The van der Waals surface area contributed by atoms with Crippen LogP contribution in [0.2, 0.25) is 0 Å². The fourth-order valence-electron chi connectivity index (χ4n) is 2.48. The molecule has 1 aliphatic rings. The molecule has 3 heteroatoms. The van der Waals surface area contributed by atoms with Crippen molar-refractivity contribution in [3.05, 3.63) is 40.4 Å². The van der Waals surface area contributed by atoms with Gasteiger partial charge in [0.15, 0.2) is 0 Å². The lowest BCUT2D eigenvalue weighted by Gasteiger charge is -2.31. The van der Waals surface area contributed by atoms with Crippen LogP contribution in [-0.4, -0.2) is 11.0 Å².